The van der Waals surface area contributed by atoms with Gasteiger partial charge in [-0.3, -0.25) is 17.3 Å². The highest BCUT2D eigenvalue weighted by atomic mass is 19.1. The summed E-state index contributed by atoms with van der Waals surface area (Å²) >= 11 is 0. The van der Waals surface area contributed by atoms with Crippen LogP contribution in [0.25, 0.3) is 0 Å². The molecule has 0 spiro atoms. The van der Waals surface area contributed by atoms with Crippen LogP contribution in [0.2, 0.25) is 0 Å². The van der Waals surface area contributed by atoms with Gasteiger partial charge in [0.1, 0.15) is 0 Å². The van der Waals surface area contributed by atoms with E-state index < -0.39 is 29.6 Å². The van der Waals surface area contributed by atoms with Crippen molar-refractivity contribution in [2.45, 2.75) is 0 Å². The van der Waals surface area contributed by atoms with Crippen LogP contribution in [0.15, 0.2) is 150 Å². The van der Waals surface area contributed by atoms with Crippen LogP contribution in [0.5, 0.6) is 0 Å². The number of halogens is 4. The van der Waals surface area contributed by atoms with Crippen LogP contribution in [-0.4, -0.2) is 150 Å². The number of aromatic amines is 8. The molecule has 8 rings (SSSR count). The predicted molar refractivity (Wildman–Crippen MR) is 194 cm³/mol. The number of nitrogens with one attached hydrogen (secondary N) is 8. The molecular formula is C24H40B4F4N16O8. The minimum absolute atomic E-state index is 1.62. The van der Waals surface area contributed by atoms with Gasteiger partial charge in [-0.2, -0.15) is 0 Å². The van der Waals surface area contributed by atoms with Crippen LogP contribution < -0.4 is 0 Å². The van der Waals surface area contributed by atoms with Gasteiger partial charge < -0.3 is 80.1 Å². The Morgan fingerprint density at radius 2 is 0.339 bits per heavy atom. The summed E-state index contributed by atoms with van der Waals surface area (Å²) in [4.78, 5) is 51.3. The maximum absolute atomic E-state index is 10.1. The van der Waals surface area contributed by atoms with Crippen molar-refractivity contribution in [3.8, 4) is 0 Å². The largest absolute Gasteiger partial charge is 0.674 e. The normalized spacial score (nSPS) is 7.64. The molecule has 0 aliphatic carbocycles. The first-order valence-corrected chi connectivity index (χ1v) is 14.4. The molecule has 0 aromatic carbocycles. The Labute approximate surface area is 316 Å². The first-order chi connectivity index (χ1) is 26.9. The SMILES string of the molecule is OB(O)F.OB(O)F.OB(O)F.OB(O)F.c1c[nH]cn1.c1c[nH]cn1.c1c[nH]cn1.c1c[nH]cn1.c1c[nH]cn1.c1c[nH]cn1.c1c[nH]cn1.c1c[nH]cn1. The lowest BCUT2D eigenvalue weighted by atomic mass is 10.3. The van der Waals surface area contributed by atoms with Crippen molar-refractivity contribution in [2.24, 2.45) is 0 Å². The Bertz CT molecular complexity index is 1030. The van der Waals surface area contributed by atoms with Crippen LogP contribution >= 0.6 is 0 Å². The Balaban J connectivity index is -0.000000264. The van der Waals surface area contributed by atoms with Gasteiger partial charge in [-0.15, -0.1) is 0 Å². The van der Waals surface area contributed by atoms with E-state index in [-0.39, 0.29) is 0 Å². The third kappa shape index (κ3) is 91.5. The molecule has 0 atom stereocenters. The van der Waals surface area contributed by atoms with Crippen LogP contribution in [0.1, 0.15) is 0 Å². The summed E-state index contributed by atoms with van der Waals surface area (Å²) in [6.07, 6.45) is 40.7. The second-order valence-electron chi connectivity index (χ2n) is 7.33. The van der Waals surface area contributed by atoms with Gasteiger partial charge in [0.2, 0.25) is 0 Å². The topological polar surface area (TPSA) is 391 Å². The molecule has 24 nitrogen and oxygen atoms in total. The molecule has 0 aliphatic rings. The highest BCUT2D eigenvalue weighted by Crippen LogP contribution is 1.66. The number of nitrogens with zero attached hydrogens (tertiary/aromatic N) is 8. The third-order valence-corrected chi connectivity index (χ3v) is 3.25. The van der Waals surface area contributed by atoms with Crippen molar-refractivity contribution >= 4 is 29.6 Å². The van der Waals surface area contributed by atoms with E-state index in [0.717, 1.165) is 0 Å². The van der Waals surface area contributed by atoms with Crippen molar-refractivity contribution in [3.05, 3.63) is 150 Å². The van der Waals surface area contributed by atoms with Gasteiger partial charge >= 0.3 is 29.6 Å². The first-order valence-electron chi connectivity index (χ1n) is 14.4. The van der Waals surface area contributed by atoms with E-state index in [0.29, 0.717) is 0 Å². The molecule has 32 heteroatoms. The number of imidazole rings is 8. The lowest BCUT2D eigenvalue weighted by Crippen LogP contribution is -1.98. The molecule has 0 bridgehead atoms. The van der Waals surface area contributed by atoms with E-state index in [2.05, 4.69) is 79.7 Å². The van der Waals surface area contributed by atoms with Gasteiger partial charge in [0.05, 0.1) is 50.6 Å². The Kier molecular flexibility index (Phi) is 52.8. The Morgan fingerprint density at radius 1 is 0.250 bits per heavy atom. The maximum Gasteiger partial charge on any atom is 0.674 e. The number of rotatable bonds is 0. The van der Waals surface area contributed by atoms with Crippen molar-refractivity contribution in [2.75, 3.05) is 0 Å². The van der Waals surface area contributed by atoms with E-state index in [4.69, 9.17) is 40.2 Å². The fourth-order valence-corrected chi connectivity index (χ4v) is 1.72. The lowest BCUT2D eigenvalue weighted by molar-refractivity contribution is 0.338. The Hall–Kier alpha value is -6.66. The van der Waals surface area contributed by atoms with Crippen molar-refractivity contribution in [3.63, 3.8) is 0 Å². The molecule has 0 aliphatic heterocycles. The molecule has 0 saturated carbocycles. The average molecular weight is 800 g/mol. The minimum atomic E-state index is -2.67. The summed E-state index contributed by atoms with van der Waals surface area (Å²) in [6.45, 7) is 0. The van der Waals surface area contributed by atoms with E-state index in [1.54, 1.807) is 150 Å². The van der Waals surface area contributed by atoms with Gasteiger partial charge in [0.25, 0.3) is 0 Å². The lowest BCUT2D eigenvalue weighted by Gasteiger charge is -1.65. The molecule has 0 saturated heterocycles. The van der Waals surface area contributed by atoms with Crippen LogP contribution in [0.3, 0.4) is 0 Å². The molecule has 0 unspecified atom stereocenters. The molecule has 8 aromatic heterocycles. The molecule has 0 amide bonds. The second-order valence-corrected chi connectivity index (χ2v) is 7.33. The van der Waals surface area contributed by atoms with Gasteiger partial charge in [-0.25, -0.2) is 39.9 Å². The molecule has 16 N–H and O–H groups in total. The maximum atomic E-state index is 10.1. The zero-order chi connectivity index (χ0) is 42.6. The second kappa shape index (κ2) is 52.7. The van der Waals surface area contributed by atoms with Crippen LogP contribution in [-0.2, 0) is 0 Å². The van der Waals surface area contributed by atoms with Gasteiger partial charge in [-0.1, -0.05) is 0 Å². The Morgan fingerprint density at radius 3 is 0.357 bits per heavy atom. The number of aromatic nitrogens is 16. The van der Waals surface area contributed by atoms with E-state index in [1.807, 2.05) is 0 Å². The van der Waals surface area contributed by atoms with Gasteiger partial charge in [0.15, 0.2) is 0 Å². The summed E-state index contributed by atoms with van der Waals surface area (Å²) < 4.78 is 40.4. The average Bonchev–Trinajstić information content (AvgIpc) is 4.05. The molecule has 8 aromatic rings. The molecule has 0 radical (unpaired) electrons. The van der Waals surface area contributed by atoms with Crippen LogP contribution in [0.4, 0.5) is 17.3 Å². The summed E-state index contributed by atoms with van der Waals surface area (Å²) in [5, 5.41) is 55.6. The smallest absolute Gasteiger partial charge is 0.398 e. The van der Waals surface area contributed by atoms with Gasteiger partial charge in [0, 0.05) is 99.1 Å². The minimum Gasteiger partial charge on any atom is -0.398 e. The predicted octanol–water partition coefficient (Wildman–Crippen LogP) is -1.02. The third-order valence-electron chi connectivity index (χ3n) is 3.25. The highest BCUT2D eigenvalue weighted by Gasteiger charge is 1.98. The fraction of sp³-hybridized carbons (Fsp3) is 0. The zero-order valence-electron chi connectivity index (χ0n) is 28.8. The summed E-state index contributed by atoms with van der Waals surface area (Å²) in [5.74, 6) is 0. The van der Waals surface area contributed by atoms with Crippen molar-refractivity contribution in [1.29, 1.82) is 0 Å². The molecule has 8 heterocycles. The highest BCUT2D eigenvalue weighted by molar-refractivity contribution is 6.32. The van der Waals surface area contributed by atoms with Crippen molar-refractivity contribution < 1.29 is 57.5 Å². The fourth-order valence-electron chi connectivity index (χ4n) is 1.72. The van der Waals surface area contributed by atoms with E-state index in [9.17, 15) is 17.3 Å². The quantitative estimate of drug-likeness (QED) is 0.0644. The number of hydrogen-bond donors (Lipinski definition) is 16. The van der Waals surface area contributed by atoms with Gasteiger partial charge in [-0.05, 0) is 0 Å². The summed E-state index contributed by atoms with van der Waals surface area (Å²) in [6, 6.07) is 0. The molecule has 0 fully saturated rings. The number of H-pyrrole nitrogens is 8. The zero-order valence-corrected chi connectivity index (χ0v) is 28.8. The van der Waals surface area contributed by atoms with Crippen molar-refractivity contribution in [1.82, 2.24) is 79.7 Å². The monoisotopic (exact) mass is 800 g/mol. The molecular weight excluding hydrogens is 760 g/mol. The molecule has 56 heavy (non-hydrogen) atoms. The standard InChI is InChI=1S/8C3H4N2.4BFH2O2/c8*1-2-5-3-4-1;4*2-1(3)4/h8*1-3H,(H,4,5);4*3-4H. The van der Waals surface area contributed by atoms with E-state index in [1.165, 1.54) is 0 Å². The van der Waals surface area contributed by atoms with E-state index >= 15 is 0 Å². The number of hydrogen-bond acceptors (Lipinski definition) is 16. The van der Waals surface area contributed by atoms with Crippen LogP contribution in [0, 0.1) is 0 Å². The first kappa shape index (κ1) is 56.1. The summed E-state index contributed by atoms with van der Waals surface area (Å²) in [7, 11) is -10.7. The summed E-state index contributed by atoms with van der Waals surface area (Å²) in [5.41, 5.74) is 0. The molecule has 304 valence electrons.